The van der Waals surface area contributed by atoms with E-state index in [-0.39, 0.29) is 18.8 Å². The van der Waals surface area contributed by atoms with E-state index >= 15 is 0 Å². The molecule has 0 aliphatic rings. The summed E-state index contributed by atoms with van der Waals surface area (Å²) in [6.07, 6.45) is 0. The molecule has 104 valence electrons. The number of carbonyl (C=O) groups excluding carboxylic acids is 2. The summed E-state index contributed by atoms with van der Waals surface area (Å²) >= 11 is 0. The van der Waals surface area contributed by atoms with Gasteiger partial charge in [-0.25, -0.2) is 8.78 Å². The third kappa shape index (κ3) is 3.18. The van der Waals surface area contributed by atoms with Crippen molar-refractivity contribution in [2.75, 3.05) is 25.9 Å². The van der Waals surface area contributed by atoms with E-state index in [0.29, 0.717) is 0 Å². The highest BCUT2D eigenvalue weighted by Crippen LogP contribution is 2.20. The van der Waals surface area contributed by atoms with Crippen LogP contribution in [0.2, 0.25) is 0 Å². The molecule has 0 saturated carbocycles. The van der Waals surface area contributed by atoms with Crippen molar-refractivity contribution in [3.8, 4) is 0 Å². The van der Waals surface area contributed by atoms with Crippen molar-refractivity contribution in [2.24, 2.45) is 0 Å². The molecule has 0 saturated heterocycles. The minimum absolute atomic E-state index is 0.0988. The number of nitrogen functional groups attached to an aromatic ring is 1. The lowest BCUT2D eigenvalue weighted by molar-refractivity contribution is -0.141. The van der Waals surface area contributed by atoms with Crippen LogP contribution in [0.4, 0.5) is 14.5 Å². The highest BCUT2D eigenvalue weighted by Gasteiger charge is 2.25. The van der Waals surface area contributed by atoms with Crippen LogP contribution in [0.15, 0.2) is 12.1 Å². The molecular weight excluding hydrogens is 258 g/mol. The van der Waals surface area contributed by atoms with Crippen LogP contribution in [0, 0.1) is 11.6 Å². The van der Waals surface area contributed by atoms with E-state index in [4.69, 9.17) is 5.73 Å². The van der Waals surface area contributed by atoms with E-state index in [1.807, 2.05) is 0 Å². The van der Waals surface area contributed by atoms with Crippen molar-refractivity contribution in [3.05, 3.63) is 29.3 Å². The Balaban J connectivity index is 3.11. The Hall–Kier alpha value is -2.18. The molecule has 0 aliphatic heterocycles. The maximum atomic E-state index is 13.7. The van der Waals surface area contributed by atoms with Gasteiger partial charge < -0.3 is 15.4 Å². The van der Waals surface area contributed by atoms with Crippen molar-refractivity contribution in [2.45, 2.75) is 6.92 Å². The first-order valence-corrected chi connectivity index (χ1v) is 5.51. The van der Waals surface area contributed by atoms with Crippen molar-refractivity contribution >= 4 is 17.6 Å². The van der Waals surface area contributed by atoms with Gasteiger partial charge in [0.2, 0.25) is 0 Å². The van der Waals surface area contributed by atoms with E-state index in [0.717, 1.165) is 24.1 Å². The third-order valence-electron chi connectivity index (χ3n) is 2.55. The predicted molar refractivity (Wildman–Crippen MR) is 64.4 cm³/mol. The number of esters is 1. The van der Waals surface area contributed by atoms with Crippen LogP contribution in [0.5, 0.6) is 0 Å². The zero-order chi connectivity index (χ0) is 14.6. The van der Waals surface area contributed by atoms with E-state index in [1.165, 1.54) is 0 Å². The number of rotatable bonds is 4. The van der Waals surface area contributed by atoms with Crippen LogP contribution < -0.4 is 5.73 Å². The summed E-state index contributed by atoms with van der Waals surface area (Å²) in [4.78, 5) is 24.1. The molecular formula is C12H14F2N2O3. The Labute approximate surface area is 108 Å². The molecule has 0 atom stereocenters. The van der Waals surface area contributed by atoms with Crippen molar-refractivity contribution in [1.82, 2.24) is 4.90 Å². The van der Waals surface area contributed by atoms with Gasteiger partial charge in [0.1, 0.15) is 17.9 Å². The van der Waals surface area contributed by atoms with Gasteiger partial charge in [-0.2, -0.15) is 0 Å². The number of likely N-dealkylation sites (N-methyl/N-ethyl adjacent to an activating group) is 1. The molecule has 0 heterocycles. The Morgan fingerprint density at radius 2 is 2.00 bits per heavy atom. The van der Waals surface area contributed by atoms with E-state index in [9.17, 15) is 18.4 Å². The van der Waals surface area contributed by atoms with Gasteiger partial charge >= 0.3 is 5.97 Å². The van der Waals surface area contributed by atoms with Crippen molar-refractivity contribution < 1.29 is 23.1 Å². The highest BCUT2D eigenvalue weighted by molar-refractivity contribution is 5.97. The van der Waals surface area contributed by atoms with Crippen LogP contribution in [0.25, 0.3) is 0 Å². The number of benzene rings is 1. The quantitative estimate of drug-likeness (QED) is 0.660. The van der Waals surface area contributed by atoms with Crippen LogP contribution in [0.1, 0.15) is 17.3 Å². The monoisotopic (exact) mass is 272 g/mol. The maximum absolute atomic E-state index is 13.7. The fraction of sp³-hybridized carbons (Fsp3) is 0.333. The number of halogens is 2. The SMILES string of the molecule is CCN(CC(=O)OC)C(=O)c1c(F)ccc(N)c1F. The van der Waals surface area contributed by atoms with E-state index < -0.39 is 29.1 Å². The molecule has 0 aliphatic carbocycles. The topological polar surface area (TPSA) is 72.6 Å². The summed E-state index contributed by atoms with van der Waals surface area (Å²) in [5, 5.41) is 0. The summed E-state index contributed by atoms with van der Waals surface area (Å²) in [5.41, 5.74) is 4.19. The summed E-state index contributed by atoms with van der Waals surface area (Å²) in [7, 11) is 1.16. The van der Waals surface area contributed by atoms with Crippen molar-refractivity contribution in [1.29, 1.82) is 0 Å². The number of anilines is 1. The second-order valence-electron chi connectivity index (χ2n) is 3.72. The molecule has 1 aromatic rings. The highest BCUT2D eigenvalue weighted by atomic mass is 19.1. The summed E-state index contributed by atoms with van der Waals surface area (Å²) in [6, 6.07) is 1.93. The molecule has 7 heteroatoms. The Morgan fingerprint density at radius 3 is 2.53 bits per heavy atom. The maximum Gasteiger partial charge on any atom is 0.325 e. The van der Waals surface area contributed by atoms with E-state index in [2.05, 4.69) is 4.74 Å². The normalized spacial score (nSPS) is 10.1. The molecule has 0 spiro atoms. The molecule has 2 N–H and O–H groups in total. The predicted octanol–water partition coefficient (Wildman–Crippen LogP) is 1.18. The number of methoxy groups -OCH3 is 1. The molecule has 1 rings (SSSR count). The summed E-state index contributed by atoms with van der Waals surface area (Å²) < 4.78 is 31.6. The van der Waals surface area contributed by atoms with Gasteiger partial charge in [-0.1, -0.05) is 0 Å². The first-order chi connectivity index (χ1) is 8.92. The largest absolute Gasteiger partial charge is 0.468 e. The summed E-state index contributed by atoms with van der Waals surface area (Å²) in [6.45, 7) is 1.28. The zero-order valence-corrected chi connectivity index (χ0v) is 10.6. The average Bonchev–Trinajstić information content (AvgIpc) is 2.40. The Morgan fingerprint density at radius 1 is 1.37 bits per heavy atom. The van der Waals surface area contributed by atoms with Crippen molar-refractivity contribution in [3.63, 3.8) is 0 Å². The van der Waals surface area contributed by atoms with Gasteiger partial charge in [0.05, 0.1) is 12.8 Å². The van der Waals surface area contributed by atoms with E-state index in [1.54, 1.807) is 6.92 Å². The van der Waals surface area contributed by atoms with Crippen LogP contribution in [0.3, 0.4) is 0 Å². The van der Waals surface area contributed by atoms with Gasteiger partial charge in [0, 0.05) is 6.54 Å². The molecule has 5 nitrogen and oxygen atoms in total. The molecule has 0 radical (unpaired) electrons. The zero-order valence-electron chi connectivity index (χ0n) is 10.6. The number of nitrogens with zero attached hydrogens (tertiary/aromatic N) is 1. The van der Waals surface area contributed by atoms with Gasteiger partial charge in [-0.3, -0.25) is 9.59 Å². The first kappa shape index (κ1) is 14.9. The average molecular weight is 272 g/mol. The van der Waals surface area contributed by atoms with Gasteiger partial charge in [-0.15, -0.1) is 0 Å². The molecule has 1 aromatic carbocycles. The third-order valence-corrected chi connectivity index (χ3v) is 2.55. The minimum atomic E-state index is -1.13. The lowest BCUT2D eigenvalue weighted by Crippen LogP contribution is -2.37. The second-order valence-corrected chi connectivity index (χ2v) is 3.72. The van der Waals surface area contributed by atoms with Gasteiger partial charge in [-0.05, 0) is 19.1 Å². The smallest absolute Gasteiger partial charge is 0.325 e. The Bertz CT molecular complexity index is 506. The molecule has 0 unspecified atom stereocenters. The van der Waals surface area contributed by atoms with Gasteiger partial charge in [0.25, 0.3) is 5.91 Å². The number of hydrogen-bond donors (Lipinski definition) is 1. The Kier molecular flexibility index (Phi) is 4.80. The molecule has 1 amide bonds. The van der Waals surface area contributed by atoms with Crippen LogP contribution in [-0.2, 0) is 9.53 Å². The minimum Gasteiger partial charge on any atom is -0.468 e. The number of carbonyl (C=O) groups is 2. The second kappa shape index (κ2) is 6.12. The molecule has 0 fully saturated rings. The fourth-order valence-corrected chi connectivity index (χ4v) is 1.47. The fourth-order valence-electron chi connectivity index (χ4n) is 1.47. The number of hydrogen-bond acceptors (Lipinski definition) is 4. The number of ether oxygens (including phenoxy) is 1. The lowest BCUT2D eigenvalue weighted by atomic mass is 10.1. The number of amides is 1. The number of nitrogens with two attached hydrogens (primary N) is 1. The van der Waals surface area contributed by atoms with Crippen LogP contribution >= 0.6 is 0 Å². The molecule has 19 heavy (non-hydrogen) atoms. The first-order valence-electron chi connectivity index (χ1n) is 5.51. The standard InChI is InChI=1S/C12H14F2N2O3/c1-3-16(6-9(17)19-2)12(18)10-7(13)4-5-8(15)11(10)14/h4-5H,3,6,15H2,1-2H3. The summed E-state index contributed by atoms with van der Waals surface area (Å²) in [5.74, 6) is -3.79. The van der Waals surface area contributed by atoms with Gasteiger partial charge in [0.15, 0.2) is 5.82 Å². The molecule has 0 aromatic heterocycles. The van der Waals surface area contributed by atoms with Crippen LogP contribution in [-0.4, -0.2) is 37.0 Å². The molecule has 0 bridgehead atoms. The lowest BCUT2D eigenvalue weighted by Gasteiger charge is -2.20.